The van der Waals surface area contributed by atoms with Crippen LogP contribution < -0.4 is 11.3 Å². The van der Waals surface area contributed by atoms with E-state index in [9.17, 15) is 13.2 Å². The van der Waals surface area contributed by atoms with Gasteiger partial charge in [0, 0.05) is 6.04 Å². The highest BCUT2D eigenvalue weighted by Gasteiger charge is 2.43. The van der Waals surface area contributed by atoms with Crippen molar-refractivity contribution in [1.29, 1.82) is 0 Å². The van der Waals surface area contributed by atoms with Gasteiger partial charge in [-0.1, -0.05) is 12.5 Å². The second-order valence-corrected chi connectivity index (χ2v) is 4.80. The van der Waals surface area contributed by atoms with Crippen molar-refractivity contribution < 1.29 is 13.2 Å². The monoisotopic (exact) mass is 250 g/mol. The first-order valence-electron chi connectivity index (χ1n) is 6.12. The summed E-state index contributed by atoms with van der Waals surface area (Å²) < 4.78 is 38.0. The average molecular weight is 250 g/mol. The molecule has 3 unspecified atom stereocenters. The third kappa shape index (κ3) is 4.32. The van der Waals surface area contributed by atoms with Gasteiger partial charge in [0.15, 0.2) is 0 Å². The van der Waals surface area contributed by atoms with E-state index in [0.717, 1.165) is 19.3 Å². The van der Waals surface area contributed by atoms with Crippen molar-refractivity contribution in [2.75, 3.05) is 0 Å². The number of allylic oxidation sites excluding steroid dienone is 1. The molecule has 2 nitrogen and oxygen atoms in total. The maximum atomic E-state index is 12.7. The molecular formula is C12H21F3N2. The van der Waals surface area contributed by atoms with Crippen LogP contribution in [-0.2, 0) is 0 Å². The van der Waals surface area contributed by atoms with Crippen molar-refractivity contribution in [1.82, 2.24) is 5.43 Å². The van der Waals surface area contributed by atoms with Gasteiger partial charge in [0.25, 0.3) is 0 Å². The molecule has 0 saturated heterocycles. The van der Waals surface area contributed by atoms with Crippen molar-refractivity contribution in [3.8, 4) is 0 Å². The summed E-state index contributed by atoms with van der Waals surface area (Å²) in [5.74, 6) is 4.31. The van der Waals surface area contributed by atoms with Crippen molar-refractivity contribution in [2.24, 2.45) is 17.7 Å². The number of nitrogens with two attached hydrogens (primary N) is 1. The number of nitrogens with one attached hydrogen (secondary N) is 1. The highest BCUT2D eigenvalue weighted by Crippen LogP contribution is 2.41. The summed E-state index contributed by atoms with van der Waals surface area (Å²) in [6, 6.07) is -0.0295. The average Bonchev–Trinajstić information content (AvgIpc) is 2.29. The van der Waals surface area contributed by atoms with E-state index in [4.69, 9.17) is 5.84 Å². The number of halogens is 3. The lowest BCUT2D eigenvalue weighted by Gasteiger charge is -2.35. The largest absolute Gasteiger partial charge is 0.391 e. The Kier molecular flexibility index (Phi) is 5.46. The zero-order valence-electron chi connectivity index (χ0n) is 9.97. The summed E-state index contributed by atoms with van der Waals surface area (Å²) >= 11 is 0. The molecule has 3 N–H and O–H groups in total. The first-order chi connectivity index (χ1) is 7.99. The summed E-state index contributed by atoms with van der Waals surface area (Å²) in [7, 11) is 0. The van der Waals surface area contributed by atoms with Crippen molar-refractivity contribution >= 4 is 0 Å². The lowest BCUT2D eigenvalue weighted by molar-refractivity contribution is -0.186. The smallest absolute Gasteiger partial charge is 0.271 e. The van der Waals surface area contributed by atoms with Gasteiger partial charge in [-0.3, -0.25) is 11.3 Å². The molecule has 1 fully saturated rings. The summed E-state index contributed by atoms with van der Waals surface area (Å²) in [5.41, 5.74) is 2.66. The van der Waals surface area contributed by atoms with Gasteiger partial charge >= 0.3 is 6.18 Å². The molecule has 1 saturated carbocycles. The van der Waals surface area contributed by atoms with E-state index in [1.54, 1.807) is 6.08 Å². The van der Waals surface area contributed by atoms with E-state index in [0.29, 0.717) is 6.42 Å². The first-order valence-corrected chi connectivity index (χ1v) is 6.12. The van der Waals surface area contributed by atoms with Crippen LogP contribution >= 0.6 is 0 Å². The lowest BCUT2D eigenvalue weighted by Crippen LogP contribution is -2.44. The number of hydrazine groups is 1. The van der Waals surface area contributed by atoms with Crippen molar-refractivity contribution in [2.45, 2.75) is 50.7 Å². The molecule has 17 heavy (non-hydrogen) atoms. The summed E-state index contributed by atoms with van der Waals surface area (Å²) in [5, 5.41) is 0. The molecule has 0 radical (unpaired) electrons. The highest BCUT2D eigenvalue weighted by molar-refractivity contribution is 4.85. The number of rotatable bonds is 5. The molecule has 0 bridgehead atoms. The van der Waals surface area contributed by atoms with Gasteiger partial charge < -0.3 is 0 Å². The Bertz CT molecular complexity index is 240. The van der Waals surface area contributed by atoms with Crippen LogP contribution in [0.3, 0.4) is 0 Å². The number of hydrogen-bond donors (Lipinski definition) is 2. The number of hydrogen-bond acceptors (Lipinski definition) is 2. The van der Waals surface area contributed by atoms with Crippen LogP contribution in [0.15, 0.2) is 12.7 Å². The van der Waals surface area contributed by atoms with Crippen molar-refractivity contribution in [3.05, 3.63) is 12.7 Å². The zero-order chi connectivity index (χ0) is 12.9. The van der Waals surface area contributed by atoms with Crippen LogP contribution in [0.4, 0.5) is 13.2 Å². The van der Waals surface area contributed by atoms with Gasteiger partial charge in [-0.05, 0) is 38.0 Å². The molecule has 0 aromatic carbocycles. The minimum absolute atomic E-state index is 0.0281. The quantitative estimate of drug-likeness (QED) is 0.447. The van der Waals surface area contributed by atoms with Crippen LogP contribution in [0.5, 0.6) is 0 Å². The fourth-order valence-corrected chi connectivity index (χ4v) is 2.64. The van der Waals surface area contributed by atoms with Gasteiger partial charge in [-0.15, -0.1) is 6.58 Å². The maximum Gasteiger partial charge on any atom is 0.391 e. The van der Waals surface area contributed by atoms with Crippen LogP contribution in [-0.4, -0.2) is 12.2 Å². The SMILES string of the molecule is C=CCCC(NN)C1CCCC(C(F)(F)F)C1. The Morgan fingerprint density at radius 1 is 1.41 bits per heavy atom. The Hall–Kier alpha value is -0.550. The van der Waals surface area contributed by atoms with Gasteiger partial charge in [0.2, 0.25) is 0 Å². The normalized spacial score (nSPS) is 27.8. The van der Waals surface area contributed by atoms with Gasteiger partial charge in [0.1, 0.15) is 0 Å². The maximum absolute atomic E-state index is 12.7. The Labute approximate surface area is 100 Å². The standard InChI is InChI=1S/C12H21F3N2/c1-2-3-7-11(17-16)9-5-4-6-10(8-9)12(13,14)15/h2,9-11,17H,1,3-8,16H2. The van der Waals surface area contributed by atoms with Crippen LogP contribution in [0, 0.1) is 11.8 Å². The fraction of sp³-hybridized carbons (Fsp3) is 0.833. The molecule has 1 aliphatic carbocycles. The molecule has 5 heteroatoms. The summed E-state index contributed by atoms with van der Waals surface area (Å²) in [6.07, 6.45) is 1.19. The third-order valence-corrected chi connectivity index (χ3v) is 3.64. The fourth-order valence-electron chi connectivity index (χ4n) is 2.64. The van der Waals surface area contributed by atoms with Crippen LogP contribution in [0.25, 0.3) is 0 Å². The molecule has 100 valence electrons. The molecule has 1 rings (SSSR count). The summed E-state index contributed by atoms with van der Waals surface area (Å²) in [6.45, 7) is 3.62. The highest BCUT2D eigenvalue weighted by atomic mass is 19.4. The van der Waals surface area contributed by atoms with Gasteiger partial charge in [-0.25, -0.2) is 0 Å². The molecule has 1 aliphatic rings. The van der Waals surface area contributed by atoms with E-state index in [-0.39, 0.29) is 24.8 Å². The molecule has 0 aromatic heterocycles. The topological polar surface area (TPSA) is 38.0 Å². The number of alkyl halides is 3. The predicted octanol–water partition coefficient (Wildman–Crippen LogP) is 3.15. The van der Waals surface area contributed by atoms with E-state index in [1.807, 2.05) is 0 Å². The molecular weight excluding hydrogens is 229 g/mol. The van der Waals surface area contributed by atoms with E-state index < -0.39 is 12.1 Å². The predicted molar refractivity (Wildman–Crippen MR) is 62.0 cm³/mol. The zero-order valence-corrected chi connectivity index (χ0v) is 9.97. The second kappa shape index (κ2) is 6.40. The van der Waals surface area contributed by atoms with Crippen LogP contribution in [0.2, 0.25) is 0 Å². The summed E-state index contributed by atoms with van der Waals surface area (Å²) in [4.78, 5) is 0. The van der Waals surface area contributed by atoms with Gasteiger partial charge in [-0.2, -0.15) is 13.2 Å². The van der Waals surface area contributed by atoms with E-state index >= 15 is 0 Å². The molecule has 3 atom stereocenters. The van der Waals surface area contributed by atoms with E-state index in [1.165, 1.54) is 0 Å². The molecule has 0 spiro atoms. The molecule has 0 aromatic rings. The second-order valence-electron chi connectivity index (χ2n) is 4.80. The first kappa shape index (κ1) is 14.5. The third-order valence-electron chi connectivity index (χ3n) is 3.64. The molecule has 0 aliphatic heterocycles. The Morgan fingerprint density at radius 2 is 2.12 bits per heavy atom. The van der Waals surface area contributed by atoms with Gasteiger partial charge in [0.05, 0.1) is 5.92 Å². The minimum Gasteiger partial charge on any atom is -0.271 e. The van der Waals surface area contributed by atoms with E-state index in [2.05, 4.69) is 12.0 Å². The molecule has 0 heterocycles. The molecule has 0 amide bonds. The van der Waals surface area contributed by atoms with Crippen molar-refractivity contribution in [3.63, 3.8) is 0 Å². The minimum atomic E-state index is -4.06. The Morgan fingerprint density at radius 3 is 2.65 bits per heavy atom. The lowest BCUT2D eigenvalue weighted by atomic mass is 9.76. The van der Waals surface area contributed by atoms with Crippen LogP contribution in [0.1, 0.15) is 38.5 Å². The Balaban J connectivity index is 2.54.